The maximum atomic E-state index is 9.42. The minimum absolute atomic E-state index is 0.0660. The summed E-state index contributed by atoms with van der Waals surface area (Å²) in [6.45, 7) is 7.59. The first-order valence-corrected chi connectivity index (χ1v) is 6.45. The predicted octanol–water partition coefficient (Wildman–Crippen LogP) is 2.51. The largest absolute Gasteiger partial charge is 0.392 e. The number of rotatable bonds is 5. The van der Waals surface area contributed by atoms with Gasteiger partial charge in [0.05, 0.1) is 6.61 Å². The maximum absolute atomic E-state index is 9.42. The second-order valence-electron chi connectivity index (χ2n) is 5.30. The molecule has 1 aromatic heterocycles. The highest BCUT2D eigenvalue weighted by Crippen LogP contribution is 2.33. The Hall–Kier alpha value is -1.09. The third-order valence-corrected chi connectivity index (χ3v) is 3.35. The van der Waals surface area contributed by atoms with E-state index >= 15 is 0 Å². The van der Waals surface area contributed by atoms with E-state index in [1.807, 2.05) is 6.92 Å². The third-order valence-electron chi connectivity index (χ3n) is 3.35. The molecule has 0 saturated heterocycles. The lowest BCUT2D eigenvalue weighted by atomic mass is 10.1. The highest BCUT2D eigenvalue weighted by atomic mass is 16.3. The summed E-state index contributed by atoms with van der Waals surface area (Å²) in [5.74, 6) is 0.845. The summed E-state index contributed by atoms with van der Waals surface area (Å²) in [4.78, 5) is 6.66. The van der Waals surface area contributed by atoms with E-state index in [1.54, 1.807) is 6.20 Å². The Labute approximate surface area is 103 Å². The van der Waals surface area contributed by atoms with Crippen LogP contribution in [0.3, 0.4) is 0 Å². The Kier molecular flexibility index (Phi) is 3.67. The van der Waals surface area contributed by atoms with Crippen molar-refractivity contribution in [1.82, 2.24) is 4.98 Å². The Morgan fingerprint density at radius 3 is 2.71 bits per heavy atom. The Balaban J connectivity index is 2.29. The van der Waals surface area contributed by atoms with Crippen LogP contribution in [-0.4, -0.2) is 22.7 Å². The summed E-state index contributed by atoms with van der Waals surface area (Å²) in [6, 6.07) is 2.55. The Morgan fingerprint density at radius 1 is 1.47 bits per heavy atom. The zero-order valence-corrected chi connectivity index (χ0v) is 11.0. The molecular formula is C14H22N2O. The van der Waals surface area contributed by atoms with Crippen molar-refractivity contribution < 1.29 is 5.11 Å². The Morgan fingerprint density at radius 2 is 2.18 bits per heavy atom. The van der Waals surface area contributed by atoms with Crippen LogP contribution in [0.2, 0.25) is 0 Å². The van der Waals surface area contributed by atoms with E-state index in [2.05, 4.69) is 29.8 Å². The maximum Gasteiger partial charge on any atom is 0.0717 e. The van der Waals surface area contributed by atoms with Gasteiger partial charge in [-0.05, 0) is 45.6 Å². The lowest BCUT2D eigenvalue weighted by Crippen LogP contribution is -2.33. The number of aryl methyl sites for hydroxylation is 1. The molecule has 0 atom stereocenters. The van der Waals surface area contributed by atoms with Crippen LogP contribution in [0.5, 0.6) is 0 Å². The summed E-state index contributed by atoms with van der Waals surface area (Å²) in [5, 5.41) is 9.42. The average molecular weight is 234 g/mol. The fourth-order valence-electron chi connectivity index (χ4n) is 2.13. The molecule has 1 saturated carbocycles. The van der Waals surface area contributed by atoms with Crippen LogP contribution in [0.25, 0.3) is 0 Å². The van der Waals surface area contributed by atoms with Crippen LogP contribution >= 0.6 is 0 Å². The minimum Gasteiger partial charge on any atom is -0.392 e. The van der Waals surface area contributed by atoms with E-state index in [9.17, 15) is 5.11 Å². The smallest absolute Gasteiger partial charge is 0.0717 e. The lowest BCUT2D eigenvalue weighted by Gasteiger charge is -2.31. The van der Waals surface area contributed by atoms with Gasteiger partial charge in [0.15, 0.2) is 0 Å². The van der Waals surface area contributed by atoms with Crippen molar-refractivity contribution in [2.24, 2.45) is 5.92 Å². The van der Waals surface area contributed by atoms with Crippen LogP contribution in [0.1, 0.15) is 37.9 Å². The molecule has 1 heterocycles. The molecule has 0 bridgehead atoms. The molecule has 94 valence electrons. The second kappa shape index (κ2) is 5.05. The quantitative estimate of drug-likeness (QED) is 0.850. The fourth-order valence-corrected chi connectivity index (χ4v) is 2.13. The molecule has 1 fully saturated rings. The van der Waals surface area contributed by atoms with Crippen molar-refractivity contribution in [3.05, 3.63) is 23.5 Å². The number of hydrogen-bond acceptors (Lipinski definition) is 3. The molecule has 0 unspecified atom stereocenters. The monoisotopic (exact) mass is 234 g/mol. The van der Waals surface area contributed by atoms with Gasteiger partial charge in [-0.25, -0.2) is 0 Å². The standard InChI is InChI=1S/C14H22N2O/c1-10(2)16(8-12-4-5-12)14-6-11(3)15-7-13(14)9-17/h6-7,10,12,17H,4-5,8-9H2,1-3H3. The van der Waals surface area contributed by atoms with Gasteiger partial charge < -0.3 is 10.0 Å². The summed E-state index contributed by atoms with van der Waals surface area (Å²) in [5.41, 5.74) is 3.10. The highest BCUT2D eigenvalue weighted by Gasteiger charge is 2.26. The van der Waals surface area contributed by atoms with Gasteiger partial charge in [0.2, 0.25) is 0 Å². The number of aromatic nitrogens is 1. The van der Waals surface area contributed by atoms with Gasteiger partial charge in [0.1, 0.15) is 0 Å². The SMILES string of the molecule is Cc1cc(N(CC2CC2)C(C)C)c(CO)cn1. The molecular weight excluding hydrogens is 212 g/mol. The van der Waals surface area contributed by atoms with Crippen LogP contribution in [-0.2, 0) is 6.61 Å². The number of aliphatic hydroxyl groups is 1. The number of aliphatic hydroxyl groups excluding tert-OH is 1. The molecule has 1 N–H and O–H groups in total. The molecule has 3 heteroatoms. The molecule has 1 aromatic rings. The van der Waals surface area contributed by atoms with Gasteiger partial charge >= 0.3 is 0 Å². The van der Waals surface area contributed by atoms with Crippen molar-refractivity contribution in [3.8, 4) is 0 Å². The normalized spacial score (nSPS) is 15.4. The van der Waals surface area contributed by atoms with Crippen molar-refractivity contribution in [2.45, 2.75) is 46.3 Å². The fraction of sp³-hybridized carbons (Fsp3) is 0.643. The summed E-state index contributed by atoms with van der Waals surface area (Å²) < 4.78 is 0. The van der Waals surface area contributed by atoms with E-state index in [-0.39, 0.29) is 6.61 Å². The molecule has 0 aliphatic heterocycles. The molecule has 1 aliphatic rings. The third kappa shape index (κ3) is 2.97. The van der Waals surface area contributed by atoms with Gasteiger partial charge in [-0.1, -0.05) is 0 Å². The van der Waals surface area contributed by atoms with Crippen LogP contribution in [0.15, 0.2) is 12.3 Å². The van der Waals surface area contributed by atoms with Crippen LogP contribution in [0.4, 0.5) is 5.69 Å². The number of pyridine rings is 1. The minimum atomic E-state index is 0.0660. The first kappa shape index (κ1) is 12.4. The van der Waals surface area contributed by atoms with Gasteiger partial charge in [0.25, 0.3) is 0 Å². The van der Waals surface area contributed by atoms with Crippen LogP contribution < -0.4 is 4.90 Å². The molecule has 0 spiro atoms. The van der Waals surface area contributed by atoms with E-state index in [4.69, 9.17) is 0 Å². The lowest BCUT2D eigenvalue weighted by molar-refractivity contribution is 0.281. The molecule has 1 aliphatic carbocycles. The van der Waals surface area contributed by atoms with Crippen LogP contribution in [0, 0.1) is 12.8 Å². The first-order chi connectivity index (χ1) is 8.11. The molecule has 0 aromatic carbocycles. The van der Waals surface area contributed by atoms with Gasteiger partial charge in [-0.3, -0.25) is 4.98 Å². The molecule has 2 rings (SSSR count). The van der Waals surface area contributed by atoms with Gasteiger partial charge in [-0.2, -0.15) is 0 Å². The van der Waals surface area contributed by atoms with Crippen molar-refractivity contribution in [2.75, 3.05) is 11.4 Å². The van der Waals surface area contributed by atoms with Crippen molar-refractivity contribution in [1.29, 1.82) is 0 Å². The molecule has 0 amide bonds. The summed E-state index contributed by atoms with van der Waals surface area (Å²) in [6.07, 6.45) is 4.50. The topological polar surface area (TPSA) is 36.4 Å². The van der Waals surface area contributed by atoms with E-state index in [1.165, 1.54) is 12.8 Å². The number of nitrogens with zero attached hydrogens (tertiary/aromatic N) is 2. The van der Waals surface area contributed by atoms with E-state index in [0.29, 0.717) is 6.04 Å². The molecule has 3 nitrogen and oxygen atoms in total. The number of anilines is 1. The summed E-state index contributed by atoms with van der Waals surface area (Å²) in [7, 11) is 0. The zero-order valence-electron chi connectivity index (χ0n) is 11.0. The number of hydrogen-bond donors (Lipinski definition) is 1. The van der Waals surface area contributed by atoms with Crippen molar-refractivity contribution >= 4 is 5.69 Å². The molecule has 0 radical (unpaired) electrons. The zero-order chi connectivity index (χ0) is 12.4. The first-order valence-electron chi connectivity index (χ1n) is 6.45. The Bertz CT molecular complexity index is 386. The van der Waals surface area contributed by atoms with Gasteiger partial charge in [-0.15, -0.1) is 0 Å². The summed E-state index contributed by atoms with van der Waals surface area (Å²) >= 11 is 0. The molecule has 17 heavy (non-hydrogen) atoms. The second-order valence-corrected chi connectivity index (χ2v) is 5.30. The average Bonchev–Trinajstić information content (AvgIpc) is 3.09. The van der Waals surface area contributed by atoms with E-state index < -0.39 is 0 Å². The van der Waals surface area contributed by atoms with E-state index in [0.717, 1.165) is 29.4 Å². The highest BCUT2D eigenvalue weighted by molar-refractivity contribution is 5.54. The van der Waals surface area contributed by atoms with Gasteiger partial charge in [0, 0.05) is 35.7 Å². The van der Waals surface area contributed by atoms with Crippen molar-refractivity contribution in [3.63, 3.8) is 0 Å². The predicted molar refractivity (Wildman–Crippen MR) is 70.1 cm³/mol.